The van der Waals surface area contributed by atoms with Gasteiger partial charge in [0.1, 0.15) is 11.5 Å². The van der Waals surface area contributed by atoms with E-state index in [0.717, 1.165) is 4.90 Å². The van der Waals surface area contributed by atoms with Crippen LogP contribution < -0.4 is 4.90 Å². The minimum atomic E-state index is -1.16. The highest BCUT2D eigenvalue weighted by Gasteiger charge is 2.37. The molecule has 1 amide bonds. The molecular formula is C9H12N4O3. The van der Waals surface area contributed by atoms with Gasteiger partial charge in [0.05, 0.1) is 12.9 Å². The van der Waals surface area contributed by atoms with Gasteiger partial charge < -0.3 is 15.0 Å². The van der Waals surface area contributed by atoms with Crippen LogP contribution in [0.25, 0.3) is 0 Å². The molecule has 7 nitrogen and oxygen atoms in total. The fraction of sp³-hybridized carbons (Fsp3) is 0.444. The van der Waals surface area contributed by atoms with Gasteiger partial charge in [-0.1, -0.05) is 0 Å². The molecule has 0 aromatic carbocycles. The number of H-pyrrole nitrogens is 1. The van der Waals surface area contributed by atoms with E-state index in [4.69, 9.17) is 0 Å². The predicted molar refractivity (Wildman–Crippen MR) is 54.7 cm³/mol. The third-order valence-electron chi connectivity index (χ3n) is 2.45. The molecule has 1 aliphatic rings. The van der Waals surface area contributed by atoms with Crippen LogP contribution in [0.15, 0.2) is 6.33 Å². The van der Waals surface area contributed by atoms with E-state index in [-0.39, 0.29) is 18.0 Å². The smallest absolute Gasteiger partial charge is 0.278 e. The number of aliphatic hydroxyl groups is 1. The number of fused-ring (bicyclic) bond motifs is 1. The molecule has 0 bridgehead atoms. The zero-order valence-corrected chi connectivity index (χ0v) is 8.97. The van der Waals surface area contributed by atoms with E-state index in [1.54, 1.807) is 7.05 Å². The second-order valence-electron chi connectivity index (χ2n) is 3.69. The maximum absolute atomic E-state index is 11.9. The first kappa shape index (κ1) is 10.6. The van der Waals surface area contributed by atoms with E-state index in [2.05, 4.69) is 9.97 Å². The predicted octanol–water partition coefficient (Wildman–Crippen LogP) is -0.833. The maximum Gasteiger partial charge on any atom is 0.278 e. The Morgan fingerprint density at radius 1 is 1.69 bits per heavy atom. The number of Topliss-reactive ketones (excluding diaryl/α,β-unsaturated/α-hetero) is 1. The Labute approximate surface area is 91.7 Å². The summed E-state index contributed by atoms with van der Waals surface area (Å²) in [7, 11) is 1.60. The van der Waals surface area contributed by atoms with E-state index >= 15 is 0 Å². The molecule has 1 aliphatic heterocycles. The fourth-order valence-electron chi connectivity index (χ4n) is 1.67. The van der Waals surface area contributed by atoms with Crippen LogP contribution in [0.5, 0.6) is 0 Å². The molecule has 0 saturated carbocycles. The van der Waals surface area contributed by atoms with Crippen LogP contribution in [-0.4, -0.2) is 51.6 Å². The zero-order valence-electron chi connectivity index (χ0n) is 8.97. The van der Waals surface area contributed by atoms with Crippen molar-refractivity contribution in [2.75, 3.05) is 18.5 Å². The second-order valence-corrected chi connectivity index (χ2v) is 3.69. The van der Waals surface area contributed by atoms with Crippen molar-refractivity contribution in [2.45, 2.75) is 13.3 Å². The Kier molecular flexibility index (Phi) is 2.39. The Morgan fingerprint density at radius 2 is 2.38 bits per heavy atom. The van der Waals surface area contributed by atoms with Crippen molar-refractivity contribution >= 4 is 17.5 Å². The van der Waals surface area contributed by atoms with Crippen LogP contribution >= 0.6 is 0 Å². The number of anilines is 1. The first-order valence-corrected chi connectivity index (χ1v) is 4.77. The number of carbonyl (C=O) groups excluding carboxylic acids is 2. The highest BCUT2D eigenvalue weighted by Crippen LogP contribution is 2.25. The van der Waals surface area contributed by atoms with Crippen LogP contribution in [0.4, 0.5) is 5.82 Å². The molecule has 1 aromatic heterocycles. The van der Waals surface area contributed by atoms with Crippen molar-refractivity contribution in [3.63, 3.8) is 0 Å². The largest absolute Gasteiger partial charge is 0.356 e. The number of amides is 1. The lowest BCUT2D eigenvalue weighted by molar-refractivity contribution is -0.120. The lowest BCUT2D eigenvalue weighted by atomic mass is 10.2. The second kappa shape index (κ2) is 3.60. The summed E-state index contributed by atoms with van der Waals surface area (Å²) in [6, 6.07) is 0. The molecule has 16 heavy (non-hydrogen) atoms. The van der Waals surface area contributed by atoms with Gasteiger partial charge in [0.25, 0.3) is 5.91 Å². The van der Waals surface area contributed by atoms with Crippen LogP contribution in [0.2, 0.25) is 0 Å². The normalized spacial score (nSPS) is 19.9. The minimum Gasteiger partial charge on any atom is -0.356 e. The number of nitrogens with zero attached hydrogens (tertiary/aromatic N) is 3. The summed E-state index contributed by atoms with van der Waals surface area (Å²) in [5.41, 5.74) is 0.286. The number of nitrogens with one attached hydrogen (secondary N) is 1. The summed E-state index contributed by atoms with van der Waals surface area (Å²) in [5, 5.41) is 9.85. The molecule has 0 radical (unpaired) electrons. The number of carbonyl (C=O) groups is 2. The number of aromatic nitrogens is 2. The van der Waals surface area contributed by atoms with Gasteiger partial charge in [-0.25, -0.2) is 4.98 Å². The molecular weight excluding hydrogens is 212 g/mol. The van der Waals surface area contributed by atoms with E-state index in [0.29, 0.717) is 5.82 Å². The monoisotopic (exact) mass is 224 g/mol. The Morgan fingerprint density at radius 3 is 3.00 bits per heavy atom. The number of aromatic amines is 1. The standard InChI is InChI=1S/C9H12N4O3/c1-5(14)3-13-8(15)6-7(11-4-10-6)12(2)9(13)16/h4,9,16H,3H2,1-2H3,(H,10,11). The van der Waals surface area contributed by atoms with Gasteiger partial charge in [0.15, 0.2) is 5.82 Å². The van der Waals surface area contributed by atoms with E-state index in [1.165, 1.54) is 18.2 Å². The van der Waals surface area contributed by atoms with Gasteiger partial charge in [0, 0.05) is 7.05 Å². The highest BCUT2D eigenvalue weighted by atomic mass is 16.3. The van der Waals surface area contributed by atoms with Crippen molar-refractivity contribution < 1.29 is 14.7 Å². The summed E-state index contributed by atoms with van der Waals surface area (Å²) >= 11 is 0. The molecule has 0 fully saturated rings. The molecule has 0 saturated heterocycles. The van der Waals surface area contributed by atoms with Crippen LogP contribution in [-0.2, 0) is 4.79 Å². The number of hydrogen-bond donors (Lipinski definition) is 2. The van der Waals surface area contributed by atoms with Gasteiger partial charge in [0.2, 0.25) is 6.35 Å². The Balaban J connectivity index is 2.38. The summed E-state index contributed by atoms with van der Waals surface area (Å²) < 4.78 is 0. The van der Waals surface area contributed by atoms with Gasteiger partial charge in [-0.15, -0.1) is 0 Å². The van der Waals surface area contributed by atoms with Crippen molar-refractivity contribution in [1.82, 2.24) is 14.9 Å². The fourth-order valence-corrected chi connectivity index (χ4v) is 1.67. The van der Waals surface area contributed by atoms with Crippen molar-refractivity contribution in [1.29, 1.82) is 0 Å². The molecule has 2 rings (SSSR count). The molecule has 0 aliphatic carbocycles. The molecule has 1 unspecified atom stereocenters. The van der Waals surface area contributed by atoms with E-state index in [9.17, 15) is 14.7 Å². The average Bonchev–Trinajstić information content (AvgIpc) is 2.70. The quantitative estimate of drug-likeness (QED) is 0.684. The van der Waals surface area contributed by atoms with E-state index < -0.39 is 12.3 Å². The SMILES string of the molecule is CC(=O)CN1C(=O)c2[nH]cnc2N(C)C1O. The Hall–Kier alpha value is -1.89. The number of imidazole rings is 1. The lowest BCUT2D eigenvalue weighted by Gasteiger charge is -2.37. The third kappa shape index (κ3) is 1.45. The molecule has 7 heteroatoms. The zero-order chi connectivity index (χ0) is 11.9. The van der Waals surface area contributed by atoms with Gasteiger partial charge >= 0.3 is 0 Å². The minimum absolute atomic E-state index is 0.122. The molecule has 86 valence electrons. The van der Waals surface area contributed by atoms with Crippen LogP contribution in [0.1, 0.15) is 17.4 Å². The number of hydrogen-bond acceptors (Lipinski definition) is 5. The van der Waals surface area contributed by atoms with Crippen LogP contribution in [0.3, 0.4) is 0 Å². The number of aliphatic hydroxyl groups excluding tert-OH is 1. The summed E-state index contributed by atoms with van der Waals surface area (Å²) in [5.74, 6) is -0.227. The number of ketones is 1. The van der Waals surface area contributed by atoms with Crippen LogP contribution in [0, 0.1) is 0 Å². The van der Waals surface area contributed by atoms with Crippen molar-refractivity contribution in [2.24, 2.45) is 0 Å². The summed E-state index contributed by atoms with van der Waals surface area (Å²) in [6.07, 6.45) is 0.218. The van der Waals surface area contributed by atoms with Gasteiger partial charge in [-0.3, -0.25) is 14.5 Å². The van der Waals surface area contributed by atoms with Crippen molar-refractivity contribution in [3.05, 3.63) is 12.0 Å². The molecule has 2 heterocycles. The summed E-state index contributed by atoms with van der Waals surface area (Å²) in [4.78, 5) is 32.0. The lowest BCUT2D eigenvalue weighted by Crippen LogP contribution is -2.55. The van der Waals surface area contributed by atoms with Gasteiger partial charge in [-0.2, -0.15) is 0 Å². The molecule has 1 aromatic rings. The first-order chi connectivity index (χ1) is 7.52. The third-order valence-corrected chi connectivity index (χ3v) is 2.45. The summed E-state index contributed by atoms with van der Waals surface area (Å²) in [6.45, 7) is 1.24. The Bertz CT molecular complexity index is 442. The topological polar surface area (TPSA) is 89.5 Å². The maximum atomic E-state index is 11.9. The number of rotatable bonds is 2. The highest BCUT2D eigenvalue weighted by molar-refractivity contribution is 6.00. The molecule has 2 N–H and O–H groups in total. The first-order valence-electron chi connectivity index (χ1n) is 4.77. The molecule has 0 spiro atoms. The van der Waals surface area contributed by atoms with Crippen molar-refractivity contribution in [3.8, 4) is 0 Å². The van der Waals surface area contributed by atoms with E-state index in [1.807, 2.05) is 0 Å². The van der Waals surface area contributed by atoms with Gasteiger partial charge in [-0.05, 0) is 6.92 Å². The molecule has 1 atom stereocenters. The average molecular weight is 224 g/mol.